The zero-order valence-corrected chi connectivity index (χ0v) is 9.81. The molecule has 1 unspecified atom stereocenters. The molecule has 1 N–H and O–H groups in total. The molecule has 0 amide bonds. The fourth-order valence-corrected chi connectivity index (χ4v) is 1.46. The van der Waals surface area contributed by atoms with Crippen molar-refractivity contribution in [1.29, 1.82) is 0 Å². The van der Waals surface area contributed by atoms with Crippen LogP contribution in [0, 0.1) is 0 Å². The summed E-state index contributed by atoms with van der Waals surface area (Å²) in [6, 6.07) is 0.795. The van der Waals surface area contributed by atoms with Gasteiger partial charge in [-0.15, -0.1) is 5.10 Å². The van der Waals surface area contributed by atoms with Crippen molar-refractivity contribution in [3.63, 3.8) is 0 Å². The minimum Gasteiger partial charge on any atom is -0.494 e. The van der Waals surface area contributed by atoms with Crippen LogP contribution in [0.2, 0.25) is 0 Å². The number of carbonyl (C=O) groups is 1. The minimum absolute atomic E-state index is 0.323. The number of rotatable bonds is 4. The Morgan fingerprint density at radius 2 is 2.33 bits per heavy atom. The molecule has 8 heteroatoms. The van der Waals surface area contributed by atoms with Gasteiger partial charge in [0.2, 0.25) is 0 Å². The lowest BCUT2D eigenvalue weighted by Crippen LogP contribution is -2.18. The molecule has 0 spiro atoms. The first kappa shape index (κ1) is 12.0. The molecule has 0 fully saturated rings. The van der Waals surface area contributed by atoms with E-state index in [1.165, 1.54) is 24.9 Å². The van der Waals surface area contributed by atoms with Crippen molar-refractivity contribution in [2.75, 3.05) is 7.11 Å². The van der Waals surface area contributed by atoms with Gasteiger partial charge in [0.25, 0.3) is 0 Å². The Balaban J connectivity index is 2.52. The second kappa shape index (κ2) is 4.78. The quantitative estimate of drug-likeness (QED) is 0.835. The van der Waals surface area contributed by atoms with Crippen molar-refractivity contribution in [1.82, 2.24) is 25.2 Å². The highest BCUT2D eigenvalue weighted by Crippen LogP contribution is 2.27. The van der Waals surface area contributed by atoms with Crippen LogP contribution in [0.4, 0.5) is 0 Å². The summed E-state index contributed by atoms with van der Waals surface area (Å²) >= 11 is 0. The van der Waals surface area contributed by atoms with E-state index in [1.807, 2.05) is 0 Å². The average Bonchev–Trinajstić information content (AvgIpc) is 2.86. The first-order valence-electron chi connectivity index (χ1n) is 5.14. The van der Waals surface area contributed by atoms with Crippen LogP contribution in [0.25, 0.3) is 11.4 Å². The first-order chi connectivity index (χ1) is 8.65. The van der Waals surface area contributed by atoms with Crippen molar-refractivity contribution < 1.29 is 14.6 Å². The summed E-state index contributed by atoms with van der Waals surface area (Å²) < 4.78 is 6.37. The molecule has 2 aromatic rings. The molecular weight excluding hydrogens is 238 g/mol. The number of hydrogen-bond donors (Lipinski definition) is 1. The van der Waals surface area contributed by atoms with Gasteiger partial charge >= 0.3 is 5.97 Å². The summed E-state index contributed by atoms with van der Waals surface area (Å²) in [4.78, 5) is 14.9. The largest absolute Gasteiger partial charge is 0.494 e. The van der Waals surface area contributed by atoms with Crippen LogP contribution < -0.4 is 4.74 Å². The Kier molecular flexibility index (Phi) is 3.18. The van der Waals surface area contributed by atoms with Crippen molar-refractivity contribution >= 4 is 5.97 Å². The molecular formula is C10H11N5O3. The standard InChI is InChI=1S/C10H11N5O3/c1-6(10(16)17)15-9(12-13-14-15)7-3-4-11-5-8(7)18-2/h3-6H,1-2H3,(H,16,17). The lowest BCUT2D eigenvalue weighted by molar-refractivity contribution is -0.140. The molecule has 2 rings (SSSR count). The third kappa shape index (κ3) is 1.99. The van der Waals surface area contributed by atoms with Gasteiger partial charge in [0.15, 0.2) is 11.9 Å². The van der Waals surface area contributed by atoms with Gasteiger partial charge in [-0.25, -0.2) is 9.48 Å². The zero-order chi connectivity index (χ0) is 13.1. The van der Waals surface area contributed by atoms with Gasteiger partial charge in [0.05, 0.1) is 18.9 Å². The minimum atomic E-state index is -1.02. The van der Waals surface area contributed by atoms with Gasteiger partial charge in [-0.05, 0) is 23.4 Å². The second-order valence-corrected chi connectivity index (χ2v) is 3.54. The number of aromatic nitrogens is 5. The van der Waals surface area contributed by atoms with E-state index >= 15 is 0 Å². The topological polar surface area (TPSA) is 103 Å². The van der Waals surface area contributed by atoms with Crippen LogP contribution in [0.5, 0.6) is 5.75 Å². The molecule has 0 bridgehead atoms. The summed E-state index contributed by atoms with van der Waals surface area (Å²) in [5.74, 6) is -0.216. The molecule has 0 aliphatic heterocycles. The summed E-state index contributed by atoms with van der Waals surface area (Å²) in [5.41, 5.74) is 0.589. The van der Waals surface area contributed by atoms with Crippen LogP contribution in [0.3, 0.4) is 0 Å². The molecule has 0 saturated carbocycles. The molecule has 8 nitrogen and oxygen atoms in total. The number of aliphatic carboxylic acids is 1. The Bertz CT molecular complexity index is 568. The smallest absolute Gasteiger partial charge is 0.328 e. The molecule has 0 radical (unpaired) electrons. The number of carboxylic acids is 1. The van der Waals surface area contributed by atoms with Gasteiger partial charge in [0, 0.05) is 6.20 Å². The van der Waals surface area contributed by atoms with Crippen molar-refractivity contribution in [3.8, 4) is 17.1 Å². The number of tetrazole rings is 1. The van der Waals surface area contributed by atoms with Crippen LogP contribution in [-0.2, 0) is 4.79 Å². The molecule has 94 valence electrons. The third-order valence-corrected chi connectivity index (χ3v) is 2.46. The molecule has 1 atom stereocenters. The Morgan fingerprint density at radius 1 is 1.56 bits per heavy atom. The van der Waals surface area contributed by atoms with Gasteiger partial charge in [0.1, 0.15) is 5.75 Å². The molecule has 0 aromatic carbocycles. The van der Waals surface area contributed by atoms with Crippen molar-refractivity contribution in [2.24, 2.45) is 0 Å². The van der Waals surface area contributed by atoms with Gasteiger partial charge in [-0.2, -0.15) is 0 Å². The van der Waals surface area contributed by atoms with Crippen molar-refractivity contribution in [3.05, 3.63) is 18.5 Å². The summed E-state index contributed by atoms with van der Waals surface area (Å²) in [6.45, 7) is 1.50. The molecule has 0 aliphatic carbocycles. The highest BCUT2D eigenvalue weighted by molar-refractivity contribution is 5.73. The van der Waals surface area contributed by atoms with E-state index < -0.39 is 12.0 Å². The van der Waals surface area contributed by atoms with E-state index in [0.717, 1.165) is 0 Å². The SMILES string of the molecule is COc1cnccc1-c1nnnn1C(C)C(=O)O. The second-order valence-electron chi connectivity index (χ2n) is 3.54. The lowest BCUT2D eigenvalue weighted by Gasteiger charge is -2.10. The van der Waals surface area contributed by atoms with Crippen LogP contribution in [0.1, 0.15) is 13.0 Å². The van der Waals surface area contributed by atoms with Gasteiger partial charge in [-0.3, -0.25) is 4.98 Å². The Labute approximate surface area is 102 Å². The maximum Gasteiger partial charge on any atom is 0.328 e. The van der Waals surface area contributed by atoms with E-state index in [9.17, 15) is 4.79 Å². The number of ether oxygens (including phenoxy) is 1. The number of pyridine rings is 1. The molecule has 2 aromatic heterocycles. The van der Waals surface area contributed by atoms with Crippen molar-refractivity contribution in [2.45, 2.75) is 13.0 Å². The van der Waals surface area contributed by atoms with E-state index in [0.29, 0.717) is 17.1 Å². The van der Waals surface area contributed by atoms with Crippen LogP contribution in [0.15, 0.2) is 18.5 Å². The number of hydrogen-bond acceptors (Lipinski definition) is 6. The van der Waals surface area contributed by atoms with Crippen LogP contribution in [-0.4, -0.2) is 43.4 Å². The number of carboxylic acid groups (broad SMARTS) is 1. The maximum atomic E-state index is 11.0. The van der Waals surface area contributed by atoms with Gasteiger partial charge < -0.3 is 9.84 Å². The predicted octanol–water partition coefficient (Wildman–Crippen LogP) is 0.389. The normalized spacial score (nSPS) is 12.1. The first-order valence-corrected chi connectivity index (χ1v) is 5.14. The Morgan fingerprint density at radius 3 is 3.00 bits per heavy atom. The molecule has 0 aliphatic rings. The maximum absolute atomic E-state index is 11.0. The number of methoxy groups -OCH3 is 1. The van der Waals surface area contributed by atoms with E-state index in [4.69, 9.17) is 9.84 Å². The van der Waals surface area contributed by atoms with E-state index in [1.54, 1.807) is 12.3 Å². The molecule has 0 saturated heterocycles. The zero-order valence-electron chi connectivity index (χ0n) is 9.81. The third-order valence-electron chi connectivity index (χ3n) is 2.46. The van der Waals surface area contributed by atoms with Gasteiger partial charge in [-0.1, -0.05) is 0 Å². The molecule has 2 heterocycles. The summed E-state index contributed by atoms with van der Waals surface area (Å²) in [6.07, 6.45) is 3.07. The predicted molar refractivity (Wildman–Crippen MR) is 59.9 cm³/mol. The van der Waals surface area contributed by atoms with E-state index in [2.05, 4.69) is 20.5 Å². The number of nitrogens with zero attached hydrogens (tertiary/aromatic N) is 5. The summed E-state index contributed by atoms with van der Waals surface area (Å²) in [5, 5.41) is 20.0. The fourth-order valence-electron chi connectivity index (χ4n) is 1.46. The average molecular weight is 249 g/mol. The Hall–Kier alpha value is -2.51. The lowest BCUT2D eigenvalue weighted by atomic mass is 10.2. The van der Waals surface area contributed by atoms with Crippen LogP contribution >= 0.6 is 0 Å². The highest BCUT2D eigenvalue weighted by atomic mass is 16.5. The highest BCUT2D eigenvalue weighted by Gasteiger charge is 2.22. The monoisotopic (exact) mass is 249 g/mol. The van der Waals surface area contributed by atoms with E-state index in [-0.39, 0.29) is 0 Å². The fraction of sp³-hybridized carbons (Fsp3) is 0.300. The molecule has 18 heavy (non-hydrogen) atoms. The summed E-state index contributed by atoms with van der Waals surface area (Å²) in [7, 11) is 1.50.